The minimum Gasteiger partial charge on any atom is -0.330 e. The van der Waals surface area contributed by atoms with Crippen LogP contribution in [0.4, 0.5) is 0 Å². The first kappa shape index (κ1) is 13.7. The Balaban J connectivity index is 0. The number of rotatable bonds is 2. The molecule has 1 heterocycles. The fourth-order valence-corrected chi connectivity index (χ4v) is 1.42. The number of aromatic nitrogens is 1. The molecule has 0 saturated carbocycles. The lowest BCUT2D eigenvalue weighted by Gasteiger charge is -1.85. The Morgan fingerprint density at radius 2 is 2.18 bits per heavy atom. The molecule has 5 heteroatoms. The van der Waals surface area contributed by atoms with Crippen LogP contribution in [0.25, 0.3) is 0 Å². The van der Waals surface area contributed by atoms with E-state index in [1.807, 2.05) is 6.92 Å². The van der Waals surface area contributed by atoms with E-state index in [2.05, 4.69) is 10.4 Å². The van der Waals surface area contributed by atoms with Gasteiger partial charge in [0.05, 0.1) is 5.69 Å². The zero-order valence-corrected chi connectivity index (χ0v) is 8.69. The fourth-order valence-electron chi connectivity index (χ4n) is 0.676. The smallest absolute Gasteiger partial charge is 0.0514 e. The summed E-state index contributed by atoms with van der Waals surface area (Å²) in [4.78, 5) is 1.29. The Kier molecular flexibility index (Phi) is 8.56. The largest absolute Gasteiger partial charge is 0.330 e. The number of hydrogen-bond donors (Lipinski definition) is 1. The highest BCUT2D eigenvalue weighted by atomic mass is 35.5. The Morgan fingerprint density at radius 1 is 1.55 bits per heavy atom. The van der Waals surface area contributed by atoms with Crippen LogP contribution in [-0.4, -0.2) is 10.9 Å². The van der Waals surface area contributed by atoms with Gasteiger partial charge in [-0.1, -0.05) is 0 Å². The van der Waals surface area contributed by atoms with Crippen LogP contribution in [0.2, 0.25) is 0 Å². The predicted octanol–water partition coefficient (Wildman–Crippen LogP) is 1.80. The molecule has 0 aliphatic heterocycles. The molecule has 0 spiro atoms. The molecule has 2 nitrogen and oxygen atoms in total. The van der Waals surface area contributed by atoms with Gasteiger partial charge < -0.3 is 5.73 Å². The first-order chi connectivity index (χ1) is 4.33. The highest BCUT2D eigenvalue weighted by Crippen LogP contribution is 2.08. The Hall–Kier alpha value is 0.170. The third-order valence-electron chi connectivity index (χ3n) is 1.07. The Labute approximate surface area is 83.2 Å². The van der Waals surface area contributed by atoms with Crippen molar-refractivity contribution in [3.63, 3.8) is 0 Å². The van der Waals surface area contributed by atoms with Gasteiger partial charge in [0.15, 0.2) is 0 Å². The van der Waals surface area contributed by atoms with Crippen LogP contribution in [0.1, 0.15) is 10.6 Å². The molecule has 1 aromatic rings. The number of nitrogens with two attached hydrogens (primary N) is 1. The molecule has 0 atom stereocenters. The molecule has 1 aromatic heterocycles. The Morgan fingerprint density at radius 3 is 2.55 bits per heavy atom. The normalized spacial score (nSPS) is 8.18. The highest BCUT2D eigenvalue weighted by Gasteiger charge is 1.94. The minimum atomic E-state index is 0. The summed E-state index contributed by atoms with van der Waals surface area (Å²) in [5.74, 6) is 0. The van der Waals surface area contributed by atoms with Gasteiger partial charge in [-0.3, -0.25) is 0 Å². The quantitative estimate of drug-likeness (QED) is 0.816. The fraction of sp³-hybridized carbons (Fsp3) is 0.500. The molecule has 11 heavy (non-hydrogen) atoms. The number of halogens is 2. The van der Waals surface area contributed by atoms with Gasteiger partial charge in [0.2, 0.25) is 0 Å². The molecule has 0 amide bonds. The maximum atomic E-state index is 5.35. The van der Waals surface area contributed by atoms with Crippen molar-refractivity contribution in [2.75, 3.05) is 6.54 Å². The molecule has 0 aliphatic rings. The molecule has 0 aliphatic carbocycles. The van der Waals surface area contributed by atoms with E-state index in [1.165, 1.54) is 4.88 Å². The van der Waals surface area contributed by atoms with Gasteiger partial charge in [-0.15, -0.1) is 24.8 Å². The SMILES string of the molecule is Cc1cc(CCN)sn1.Cl.Cl. The van der Waals surface area contributed by atoms with E-state index in [4.69, 9.17) is 5.73 Å². The molecule has 2 N–H and O–H groups in total. The van der Waals surface area contributed by atoms with Crippen LogP contribution in [0.5, 0.6) is 0 Å². The average molecular weight is 215 g/mol. The van der Waals surface area contributed by atoms with Crippen molar-refractivity contribution in [3.8, 4) is 0 Å². The van der Waals surface area contributed by atoms with Gasteiger partial charge >= 0.3 is 0 Å². The van der Waals surface area contributed by atoms with Gasteiger partial charge in [0, 0.05) is 4.88 Å². The van der Waals surface area contributed by atoms with Crippen LogP contribution in [0.3, 0.4) is 0 Å². The highest BCUT2D eigenvalue weighted by molar-refractivity contribution is 7.05. The zero-order chi connectivity index (χ0) is 6.69. The third kappa shape index (κ3) is 4.58. The summed E-state index contributed by atoms with van der Waals surface area (Å²) >= 11 is 1.54. The van der Waals surface area contributed by atoms with Gasteiger partial charge in [0.25, 0.3) is 0 Å². The summed E-state index contributed by atoms with van der Waals surface area (Å²) in [6.07, 6.45) is 0.964. The summed E-state index contributed by atoms with van der Waals surface area (Å²) in [7, 11) is 0. The summed E-state index contributed by atoms with van der Waals surface area (Å²) in [5.41, 5.74) is 6.45. The lowest BCUT2D eigenvalue weighted by molar-refractivity contribution is 0.988. The molecule has 0 bridgehead atoms. The van der Waals surface area contributed by atoms with Crippen LogP contribution < -0.4 is 5.73 Å². The minimum absolute atomic E-state index is 0. The van der Waals surface area contributed by atoms with E-state index in [-0.39, 0.29) is 24.8 Å². The second kappa shape index (κ2) is 6.85. The van der Waals surface area contributed by atoms with E-state index >= 15 is 0 Å². The summed E-state index contributed by atoms with van der Waals surface area (Å²) in [6, 6.07) is 2.08. The average Bonchev–Trinajstić information content (AvgIpc) is 2.17. The van der Waals surface area contributed by atoms with Crippen molar-refractivity contribution >= 4 is 36.3 Å². The number of aryl methyl sites for hydroxylation is 1. The van der Waals surface area contributed by atoms with E-state index in [0.29, 0.717) is 0 Å². The van der Waals surface area contributed by atoms with E-state index in [1.54, 1.807) is 11.5 Å². The summed E-state index contributed by atoms with van der Waals surface area (Å²) in [5, 5.41) is 0. The number of nitrogens with zero attached hydrogens (tertiary/aromatic N) is 1. The molecule has 0 aromatic carbocycles. The Bertz CT molecular complexity index is 190. The van der Waals surface area contributed by atoms with Crippen LogP contribution in [0, 0.1) is 6.92 Å². The molecular formula is C6H12Cl2N2S. The van der Waals surface area contributed by atoms with Gasteiger partial charge in [0.1, 0.15) is 0 Å². The third-order valence-corrected chi connectivity index (χ3v) is 2.00. The van der Waals surface area contributed by atoms with Gasteiger partial charge in [-0.25, -0.2) is 0 Å². The second-order valence-corrected chi connectivity index (χ2v) is 2.86. The van der Waals surface area contributed by atoms with Gasteiger partial charge in [-0.2, -0.15) is 4.37 Å². The van der Waals surface area contributed by atoms with Crippen LogP contribution >= 0.6 is 36.3 Å². The van der Waals surface area contributed by atoms with Gasteiger partial charge in [-0.05, 0) is 37.5 Å². The van der Waals surface area contributed by atoms with Crippen molar-refractivity contribution in [1.29, 1.82) is 0 Å². The van der Waals surface area contributed by atoms with Crippen molar-refractivity contribution in [3.05, 3.63) is 16.6 Å². The maximum absolute atomic E-state index is 5.35. The van der Waals surface area contributed by atoms with E-state index in [0.717, 1.165) is 18.7 Å². The molecule has 1 rings (SSSR count). The lowest BCUT2D eigenvalue weighted by atomic mass is 10.3. The van der Waals surface area contributed by atoms with Crippen LogP contribution in [0.15, 0.2) is 6.07 Å². The molecule has 0 radical (unpaired) electrons. The molecule has 0 unspecified atom stereocenters. The van der Waals surface area contributed by atoms with Crippen molar-refractivity contribution in [2.45, 2.75) is 13.3 Å². The molecule has 0 fully saturated rings. The maximum Gasteiger partial charge on any atom is 0.0514 e. The lowest BCUT2D eigenvalue weighted by Crippen LogP contribution is -2.00. The number of hydrogen-bond acceptors (Lipinski definition) is 3. The van der Waals surface area contributed by atoms with Crippen molar-refractivity contribution < 1.29 is 0 Å². The summed E-state index contributed by atoms with van der Waals surface area (Å²) < 4.78 is 4.12. The molecule has 0 saturated heterocycles. The monoisotopic (exact) mass is 214 g/mol. The zero-order valence-electron chi connectivity index (χ0n) is 6.24. The van der Waals surface area contributed by atoms with E-state index in [9.17, 15) is 0 Å². The second-order valence-electron chi connectivity index (χ2n) is 1.97. The van der Waals surface area contributed by atoms with Crippen LogP contribution in [-0.2, 0) is 6.42 Å². The first-order valence-corrected chi connectivity index (χ1v) is 3.72. The summed E-state index contributed by atoms with van der Waals surface area (Å²) in [6.45, 7) is 2.72. The first-order valence-electron chi connectivity index (χ1n) is 2.95. The molecular weight excluding hydrogens is 203 g/mol. The topological polar surface area (TPSA) is 38.9 Å². The van der Waals surface area contributed by atoms with E-state index < -0.39 is 0 Å². The molecule has 66 valence electrons. The predicted molar refractivity (Wildman–Crippen MR) is 54.1 cm³/mol. The van der Waals surface area contributed by atoms with Crippen molar-refractivity contribution in [2.24, 2.45) is 5.73 Å². The standard InChI is InChI=1S/C6H10N2S.2ClH/c1-5-4-6(2-3-7)9-8-5;;/h4H,2-3,7H2,1H3;2*1H. The van der Waals surface area contributed by atoms with Crippen molar-refractivity contribution in [1.82, 2.24) is 4.37 Å².